The van der Waals surface area contributed by atoms with Gasteiger partial charge in [-0.05, 0) is 30.4 Å². The van der Waals surface area contributed by atoms with Crippen molar-refractivity contribution in [3.63, 3.8) is 0 Å². The fourth-order valence-electron chi connectivity index (χ4n) is 2.82. The van der Waals surface area contributed by atoms with Gasteiger partial charge in [-0.15, -0.1) is 0 Å². The number of para-hydroxylation sites is 1. The monoisotopic (exact) mass is 282 g/mol. The molecule has 0 aromatic heterocycles. The van der Waals surface area contributed by atoms with Crippen LogP contribution in [-0.4, -0.2) is 14.5 Å². The van der Waals surface area contributed by atoms with Crippen LogP contribution >= 0.6 is 0 Å². The molecule has 19 heavy (non-hydrogen) atoms. The van der Waals surface area contributed by atoms with Gasteiger partial charge in [0.2, 0.25) is 10.0 Å². The Morgan fingerprint density at radius 3 is 2.58 bits per heavy atom. The molecule has 1 aromatic carbocycles. The van der Waals surface area contributed by atoms with Crippen LogP contribution in [0.5, 0.6) is 0 Å². The molecule has 2 rings (SSSR count). The van der Waals surface area contributed by atoms with Crippen molar-refractivity contribution in [3.05, 3.63) is 24.3 Å². The molecule has 1 saturated carbocycles. The number of nitrogens with one attached hydrogen (secondary N) is 1. The Hall–Kier alpha value is -1.07. The fraction of sp³-hybridized carbons (Fsp3) is 0.571. The van der Waals surface area contributed by atoms with Crippen molar-refractivity contribution in [2.24, 2.45) is 17.0 Å². The van der Waals surface area contributed by atoms with Gasteiger partial charge < -0.3 is 5.32 Å². The van der Waals surface area contributed by atoms with Crippen molar-refractivity contribution >= 4 is 15.7 Å². The third-order valence-electron chi connectivity index (χ3n) is 4.24. The zero-order valence-electron chi connectivity index (χ0n) is 11.5. The van der Waals surface area contributed by atoms with Crippen LogP contribution in [0.2, 0.25) is 0 Å². The fourth-order valence-corrected chi connectivity index (χ4v) is 3.52. The maximum Gasteiger partial charge on any atom is 0.240 e. The van der Waals surface area contributed by atoms with Crippen LogP contribution < -0.4 is 10.5 Å². The van der Waals surface area contributed by atoms with Crippen molar-refractivity contribution in [1.82, 2.24) is 0 Å². The molecule has 5 heteroatoms. The molecule has 4 nitrogen and oxygen atoms in total. The first-order chi connectivity index (χ1) is 8.89. The molecular weight excluding hydrogens is 260 g/mol. The Balaban J connectivity index is 2.24. The van der Waals surface area contributed by atoms with E-state index in [1.807, 2.05) is 6.07 Å². The second-order valence-corrected chi connectivity index (χ2v) is 7.09. The highest BCUT2D eigenvalue weighted by atomic mass is 32.2. The molecule has 0 amide bonds. The summed E-state index contributed by atoms with van der Waals surface area (Å²) in [4.78, 5) is 0.181. The smallest absolute Gasteiger partial charge is 0.240 e. The first-order valence-electron chi connectivity index (χ1n) is 6.78. The summed E-state index contributed by atoms with van der Waals surface area (Å²) in [5.74, 6) is 1.19. The second kappa shape index (κ2) is 5.51. The number of hydrogen-bond acceptors (Lipinski definition) is 3. The van der Waals surface area contributed by atoms with E-state index in [1.165, 1.54) is 12.8 Å². The number of sulfonamides is 1. The lowest BCUT2D eigenvalue weighted by atomic mass is 9.78. The summed E-state index contributed by atoms with van der Waals surface area (Å²) in [5.41, 5.74) is 0.621. The minimum Gasteiger partial charge on any atom is -0.381 e. The second-order valence-electron chi connectivity index (χ2n) is 5.56. The molecule has 3 N–H and O–H groups in total. The van der Waals surface area contributed by atoms with E-state index in [2.05, 4.69) is 19.2 Å². The van der Waals surface area contributed by atoms with E-state index in [-0.39, 0.29) is 4.90 Å². The van der Waals surface area contributed by atoms with E-state index in [9.17, 15) is 8.42 Å². The summed E-state index contributed by atoms with van der Waals surface area (Å²) < 4.78 is 23.2. The van der Waals surface area contributed by atoms with Crippen LogP contribution in [0.25, 0.3) is 0 Å². The third kappa shape index (κ3) is 3.28. The van der Waals surface area contributed by atoms with E-state index in [0.717, 1.165) is 6.42 Å². The Bertz CT molecular complexity index is 542. The standard InChI is InChI=1S/C14H22N2O2S/c1-10-6-5-8-12(11(10)2)16-13-7-3-4-9-14(13)19(15,17)18/h3-4,7,9-12,16H,5-6,8H2,1-2H3,(H2,15,17,18). The lowest BCUT2D eigenvalue weighted by Crippen LogP contribution is -2.35. The highest BCUT2D eigenvalue weighted by molar-refractivity contribution is 7.89. The van der Waals surface area contributed by atoms with Gasteiger partial charge in [0.1, 0.15) is 4.90 Å². The molecule has 1 aromatic rings. The van der Waals surface area contributed by atoms with Crippen LogP contribution in [0.3, 0.4) is 0 Å². The molecule has 0 spiro atoms. The molecular formula is C14H22N2O2S. The maximum absolute atomic E-state index is 11.6. The molecule has 0 bridgehead atoms. The van der Waals surface area contributed by atoms with Crippen LogP contribution in [0.15, 0.2) is 29.2 Å². The average Bonchev–Trinajstić information content (AvgIpc) is 2.34. The molecule has 3 atom stereocenters. The van der Waals surface area contributed by atoms with Crippen molar-refractivity contribution in [1.29, 1.82) is 0 Å². The summed E-state index contributed by atoms with van der Waals surface area (Å²) >= 11 is 0. The van der Waals surface area contributed by atoms with Gasteiger partial charge >= 0.3 is 0 Å². The average molecular weight is 282 g/mol. The third-order valence-corrected chi connectivity index (χ3v) is 5.21. The van der Waals surface area contributed by atoms with E-state index >= 15 is 0 Å². The zero-order valence-corrected chi connectivity index (χ0v) is 12.3. The molecule has 1 aliphatic rings. The van der Waals surface area contributed by atoms with Gasteiger partial charge in [0.15, 0.2) is 0 Å². The maximum atomic E-state index is 11.6. The van der Waals surface area contributed by atoms with Gasteiger partial charge in [0.25, 0.3) is 0 Å². The van der Waals surface area contributed by atoms with Gasteiger partial charge in [-0.3, -0.25) is 0 Å². The number of rotatable bonds is 3. The van der Waals surface area contributed by atoms with Crippen LogP contribution in [0, 0.1) is 11.8 Å². The Kier molecular flexibility index (Phi) is 4.16. The predicted octanol–water partition coefficient (Wildman–Crippen LogP) is 2.57. The molecule has 0 radical (unpaired) electrons. The highest BCUT2D eigenvalue weighted by Gasteiger charge is 2.28. The molecule has 1 fully saturated rings. The summed E-state index contributed by atoms with van der Waals surface area (Å²) in [6.07, 6.45) is 3.50. The topological polar surface area (TPSA) is 72.2 Å². The van der Waals surface area contributed by atoms with E-state index < -0.39 is 10.0 Å². The Morgan fingerprint density at radius 2 is 1.89 bits per heavy atom. The van der Waals surface area contributed by atoms with Gasteiger partial charge in [-0.1, -0.05) is 38.8 Å². The van der Waals surface area contributed by atoms with E-state index in [1.54, 1.807) is 18.2 Å². The van der Waals surface area contributed by atoms with Gasteiger partial charge in [-0.2, -0.15) is 0 Å². The lowest BCUT2D eigenvalue weighted by molar-refractivity contribution is 0.253. The zero-order chi connectivity index (χ0) is 14.0. The summed E-state index contributed by atoms with van der Waals surface area (Å²) in [6, 6.07) is 7.16. The first kappa shape index (κ1) is 14.3. The molecule has 0 heterocycles. The van der Waals surface area contributed by atoms with Crippen molar-refractivity contribution < 1.29 is 8.42 Å². The molecule has 0 aliphatic heterocycles. The van der Waals surface area contributed by atoms with Crippen LogP contribution in [0.1, 0.15) is 33.1 Å². The van der Waals surface area contributed by atoms with Crippen molar-refractivity contribution in [2.45, 2.75) is 44.0 Å². The summed E-state index contributed by atoms with van der Waals surface area (Å²) in [7, 11) is -3.68. The lowest BCUT2D eigenvalue weighted by Gasteiger charge is -2.35. The van der Waals surface area contributed by atoms with E-state index in [0.29, 0.717) is 23.6 Å². The van der Waals surface area contributed by atoms with Gasteiger partial charge in [0.05, 0.1) is 5.69 Å². The minimum atomic E-state index is -3.68. The quantitative estimate of drug-likeness (QED) is 0.895. The van der Waals surface area contributed by atoms with Gasteiger partial charge in [0, 0.05) is 6.04 Å². The molecule has 106 valence electrons. The Labute approximate surface area is 115 Å². The largest absolute Gasteiger partial charge is 0.381 e. The molecule has 3 unspecified atom stereocenters. The SMILES string of the molecule is CC1CCCC(Nc2ccccc2S(N)(=O)=O)C1C. The van der Waals surface area contributed by atoms with Crippen LogP contribution in [0.4, 0.5) is 5.69 Å². The Morgan fingerprint density at radius 1 is 1.21 bits per heavy atom. The van der Waals surface area contributed by atoms with E-state index in [4.69, 9.17) is 5.14 Å². The molecule has 0 saturated heterocycles. The first-order valence-corrected chi connectivity index (χ1v) is 8.32. The normalized spacial score (nSPS) is 28.1. The number of hydrogen-bond donors (Lipinski definition) is 2. The summed E-state index contributed by atoms with van der Waals surface area (Å²) in [6.45, 7) is 4.48. The predicted molar refractivity (Wildman–Crippen MR) is 77.4 cm³/mol. The number of benzene rings is 1. The van der Waals surface area contributed by atoms with Crippen molar-refractivity contribution in [3.8, 4) is 0 Å². The number of nitrogens with two attached hydrogens (primary N) is 1. The highest BCUT2D eigenvalue weighted by Crippen LogP contribution is 2.32. The molecule has 1 aliphatic carbocycles. The number of anilines is 1. The number of primary sulfonamides is 1. The van der Waals surface area contributed by atoms with Crippen LogP contribution in [-0.2, 0) is 10.0 Å². The summed E-state index contributed by atoms with van der Waals surface area (Å²) in [5, 5.41) is 8.63. The minimum absolute atomic E-state index is 0.181. The van der Waals surface area contributed by atoms with Gasteiger partial charge in [-0.25, -0.2) is 13.6 Å². The van der Waals surface area contributed by atoms with Crippen molar-refractivity contribution in [2.75, 3.05) is 5.32 Å².